The molecule has 1 aromatic heterocycles. The molecule has 0 N–H and O–H groups in total. The fourth-order valence-corrected chi connectivity index (χ4v) is 3.90. The minimum absolute atomic E-state index is 0.855. The third kappa shape index (κ3) is 3.33. The van der Waals surface area contributed by atoms with E-state index in [0.29, 0.717) is 0 Å². The van der Waals surface area contributed by atoms with Crippen LogP contribution in [0.25, 0.3) is 0 Å². The molecule has 0 amide bonds. The van der Waals surface area contributed by atoms with Crippen LogP contribution < -0.4 is 9.80 Å². The Kier molecular flexibility index (Phi) is 4.57. The summed E-state index contributed by atoms with van der Waals surface area (Å²) >= 11 is 0. The quantitative estimate of drug-likeness (QED) is 0.860. The van der Waals surface area contributed by atoms with Crippen molar-refractivity contribution in [3.8, 4) is 0 Å². The van der Waals surface area contributed by atoms with Gasteiger partial charge in [0.25, 0.3) is 0 Å². The summed E-state index contributed by atoms with van der Waals surface area (Å²) in [7, 11) is 0. The number of aryl methyl sites for hydroxylation is 2. The second-order valence-electron chi connectivity index (χ2n) is 6.94. The SMILES string of the molecule is CCN1CCN(c2cc(N3CCCc4ccccc43)nc(C)n2)CC1. The molecule has 4 rings (SSSR count). The van der Waals surface area contributed by atoms with Gasteiger partial charge in [-0.25, -0.2) is 9.97 Å². The molecule has 0 unspecified atom stereocenters. The normalized spacial score (nSPS) is 18.3. The first-order chi connectivity index (χ1) is 12.2. The molecule has 0 atom stereocenters. The lowest BCUT2D eigenvalue weighted by molar-refractivity contribution is 0.270. The van der Waals surface area contributed by atoms with Gasteiger partial charge >= 0.3 is 0 Å². The number of fused-ring (bicyclic) bond motifs is 1. The number of hydrogen-bond donors (Lipinski definition) is 0. The average molecular weight is 337 g/mol. The summed E-state index contributed by atoms with van der Waals surface area (Å²) in [4.78, 5) is 16.7. The summed E-state index contributed by atoms with van der Waals surface area (Å²) in [5, 5.41) is 0. The van der Waals surface area contributed by atoms with E-state index in [2.05, 4.69) is 52.0 Å². The second kappa shape index (κ2) is 7.00. The molecule has 25 heavy (non-hydrogen) atoms. The Labute approximate surface area is 150 Å². The average Bonchev–Trinajstić information content (AvgIpc) is 2.67. The minimum atomic E-state index is 0.855. The minimum Gasteiger partial charge on any atom is -0.354 e. The number of piperazine rings is 1. The largest absolute Gasteiger partial charge is 0.354 e. The summed E-state index contributed by atoms with van der Waals surface area (Å²) in [6, 6.07) is 10.9. The number of anilines is 3. The predicted octanol–water partition coefficient (Wildman–Crippen LogP) is 3.01. The van der Waals surface area contributed by atoms with Gasteiger partial charge in [-0.15, -0.1) is 0 Å². The molecule has 0 aliphatic carbocycles. The van der Waals surface area contributed by atoms with E-state index in [0.717, 1.165) is 63.1 Å². The van der Waals surface area contributed by atoms with Crippen molar-refractivity contribution >= 4 is 17.3 Å². The van der Waals surface area contributed by atoms with E-state index in [1.807, 2.05) is 6.92 Å². The number of nitrogens with zero attached hydrogens (tertiary/aromatic N) is 5. The summed E-state index contributed by atoms with van der Waals surface area (Å²) in [5.74, 6) is 2.96. The Morgan fingerprint density at radius 2 is 1.72 bits per heavy atom. The first-order valence-corrected chi connectivity index (χ1v) is 9.43. The fraction of sp³-hybridized carbons (Fsp3) is 0.500. The van der Waals surface area contributed by atoms with Crippen LogP contribution in [0.2, 0.25) is 0 Å². The van der Waals surface area contributed by atoms with E-state index in [4.69, 9.17) is 9.97 Å². The number of rotatable bonds is 3. The highest BCUT2D eigenvalue weighted by molar-refractivity contribution is 5.67. The van der Waals surface area contributed by atoms with Crippen molar-refractivity contribution in [3.05, 3.63) is 41.7 Å². The molecule has 0 spiro atoms. The molecule has 0 radical (unpaired) electrons. The molecular weight excluding hydrogens is 310 g/mol. The molecule has 2 aromatic rings. The van der Waals surface area contributed by atoms with Crippen molar-refractivity contribution in [2.45, 2.75) is 26.7 Å². The topological polar surface area (TPSA) is 35.5 Å². The second-order valence-corrected chi connectivity index (χ2v) is 6.94. The maximum Gasteiger partial charge on any atom is 0.138 e. The number of para-hydroxylation sites is 1. The Balaban J connectivity index is 1.63. The standard InChI is InChI=1S/C20H27N5/c1-3-23-11-13-24(14-12-23)19-15-20(22-16(2)21-19)25-10-6-8-17-7-4-5-9-18(17)25/h4-5,7,9,15H,3,6,8,10-14H2,1-2H3. The first kappa shape index (κ1) is 16.3. The molecule has 1 aromatic carbocycles. The van der Waals surface area contributed by atoms with Crippen molar-refractivity contribution < 1.29 is 0 Å². The van der Waals surface area contributed by atoms with Crippen LogP contribution in [0.5, 0.6) is 0 Å². The zero-order valence-corrected chi connectivity index (χ0v) is 15.3. The first-order valence-electron chi connectivity index (χ1n) is 9.43. The maximum absolute atomic E-state index is 4.76. The van der Waals surface area contributed by atoms with Crippen LogP contribution in [0.4, 0.5) is 17.3 Å². The van der Waals surface area contributed by atoms with Gasteiger partial charge in [0, 0.05) is 44.5 Å². The van der Waals surface area contributed by atoms with E-state index in [1.54, 1.807) is 0 Å². The van der Waals surface area contributed by atoms with E-state index < -0.39 is 0 Å². The lowest BCUT2D eigenvalue weighted by atomic mass is 10.0. The van der Waals surface area contributed by atoms with Crippen molar-refractivity contribution in [3.63, 3.8) is 0 Å². The Bertz CT molecular complexity index is 737. The zero-order chi connectivity index (χ0) is 17.2. The zero-order valence-electron chi connectivity index (χ0n) is 15.3. The van der Waals surface area contributed by atoms with Gasteiger partial charge in [0.2, 0.25) is 0 Å². The van der Waals surface area contributed by atoms with E-state index in [9.17, 15) is 0 Å². The molecule has 0 saturated carbocycles. The fourth-order valence-electron chi connectivity index (χ4n) is 3.90. The predicted molar refractivity (Wildman–Crippen MR) is 103 cm³/mol. The number of hydrogen-bond acceptors (Lipinski definition) is 5. The molecule has 1 fully saturated rings. The van der Waals surface area contributed by atoms with E-state index in [-0.39, 0.29) is 0 Å². The van der Waals surface area contributed by atoms with Crippen LogP contribution in [-0.4, -0.2) is 54.1 Å². The molecule has 132 valence electrons. The lowest BCUT2D eigenvalue weighted by Crippen LogP contribution is -2.46. The number of benzene rings is 1. The van der Waals surface area contributed by atoms with Crippen LogP contribution in [0.3, 0.4) is 0 Å². The van der Waals surface area contributed by atoms with Gasteiger partial charge in [0.15, 0.2) is 0 Å². The van der Waals surface area contributed by atoms with Gasteiger partial charge in [-0.2, -0.15) is 0 Å². The molecule has 2 aliphatic rings. The van der Waals surface area contributed by atoms with Crippen molar-refractivity contribution in [2.24, 2.45) is 0 Å². The third-order valence-corrected chi connectivity index (χ3v) is 5.34. The van der Waals surface area contributed by atoms with Crippen molar-refractivity contribution in [1.29, 1.82) is 0 Å². The molecular formula is C20H27N5. The van der Waals surface area contributed by atoms with E-state index >= 15 is 0 Å². The van der Waals surface area contributed by atoms with Gasteiger partial charge in [-0.05, 0) is 37.9 Å². The molecule has 0 bridgehead atoms. The van der Waals surface area contributed by atoms with Crippen molar-refractivity contribution in [1.82, 2.24) is 14.9 Å². The summed E-state index contributed by atoms with van der Waals surface area (Å²) in [6.45, 7) is 10.7. The third-order valence-electron chi connectivity index (χ3n) is 5.34. The Morgan fingerprint density at radius 3 is 2.52 bits per heavy atom. The molecule has 5 heteroatoms. The summed E-state index contributed by atoms with van der Waals surface area (Å²) in [6.07, 6.45) is 2.33. The highest BCUT2D eigenvalue weighted by atomic mass is 15.3. The van der Waals surface area contributed by atoms with Gasteiger partial charge in [0.05, 0.1) is 0 Å². The molecule has 2 aliphatic heterocycles. The number of likely N-dealkylation sites (N-methyl/N-ethyl adjacent to an activating group) is 1. The monoisotopic (exact) mass is 337 g/mol. The highest BCUT2D eigenvalue weighted by Gasteiger charge is 2.22. The molecule has 1 saturated heterocycles. The van der Waals surface area contributed by atoms with E-state index in [1.165, 1.54) is 17.7 Å². The van der Waals surface area contributed by atoms with Crippen LogP contribution >= 0.6 is 0 Å². The van der Waals surface area contributed by atoms with Gasteiger partial charge in [-0.3, -0.25) is 0 Å². The Hall–Kier alpha value is -2.14. The Morgan fingerprint density at radius 1 is 0.960 bits per heavy atom. The van der Waals surface area contributed by atoms with Gasteiger partial charge in [-0.1, -0.05) is 25.1 Å². The number of aromatic nitrogens is 2. The van der Waals surface area contributed by atoms with Gasteiger partial charge < -0.3 is 14.7 Å². The smallest absolute Gasteiger partial charge is 0.138 e. The highest BCUT2D eigenvalue weighted by Crippen LogP contribution is 2.33. The molecule has 5 nitrogen and oxygen atoms in total. The summed E-state index contributed by atoms with van der Waals surface area (Å²) < 4.78 is 0. The van der Waals surface area contributed by atoms with Gasteiger partial charge in [0.1, 0.15) is 17.5 Å². The lowest BCUT2D eigenvalue weighted by Gasteiger charge is -2.36. The molecule has 3 heterocycles. The van der Waals surface area contributed by atoms with Crippen LogP contribution in [0, 0.1) is 6.92 Å². The van der Waals surface area contributed by atoms with Crippen molar-refractivity contribution in [2.75, 3.05) is 49.1 Å². The van der Waals surface area contributed by atoms with Crippen LogP contribution in [0.1, 0.15) is 24.7 Å². The summed E-state index contributed by atoms with van der Waals surface area (Å²) in [5.41, 5.74) is 2.72. The maximum atomic E-state index is 4.76. The van der Waals surface area contributed by atoms with Crippen LogP contribution in [-0.2, 0) is 6.42 Å². The van der Waals surface area contributed by atoms with Crippen LogP contribution in [0.15, 0.2) is 30.3 Å².